The number of nitrogens with zero attached hydrogens (tertiary/aromatic N) is 1. The van der Waals surface area contributed by atoms with Crippen LogP contribution in [-0.2, 0) is 6.54 Å². The van der Waals surface area contributed by atoms with Crippen molar-refractivity contribution in [2.45, 2.75) is 6.54 Å². The Bertz CT molecular complexity index is 610. The maximum atomic E-state index is 13.1. The SMILES string of the molecule is Nc1ccc(=O)n(Cc2cc(F)ccc2Cl)c1. The summed E-state index contributed by atoms with van der Waals surface area (Å²) < 4.78 is 14.4. The lowest BCUT2D eigenvalue weighted by molar-refractivity contribution is 0.623. The Balaban J connectivity index is 2.41. The van der Waals surface area contributed by atoms with Gasteiger partial charge in [-0.2, -0.15) is 0 Å². The highest BCUT2D eigenvalue weighted by Crippen LogP contribution is 2.17. The van der Waals surface area contributed by atoms with Crippen LogP contribution in [0.25, 0.3) is 0 Å². The fourth-order valence-electron chi connectivity index (χ4n) is 1.52. The first-order valence-corrected chi connectivity index (χ1v) is 5.34. The lowest BCUT2D eigenvalue weighted by atomic mass is 10.2. The van der Waals surface area contributed by atoms with Crippen LogP contribution in [0.1, 0.15) is 5.56 Å². The monoisotopic (exact) mass is 252 g/mol. The average molecular weight is 253 g/mol. The van der Waals surface area contributed by atoms with Gasteiger partial charge >= 0.3 is 0 Å². The van der Waals surface area contributed by atoms with Crippen molar-refractivity contribution in [2.75, 3.05) is 5.73 Å². The van der Waals surface area contributed by atoms with Gasteiger partial charge in [-0.25, -0.2) is 4.39 Å². The number of pyridine rings is 1. The summed E-state index contributed by atoms with van der Waals surface area (Å²) in [6, 6.07) is 6.92. The molecule has 0 saturated carbocycles. The first kappa shape index (κ1) is 11.7. The number of aromatic nitrogens is 1. The van der Waals surface area contributed by atoms with Crippen LogP contribution in [-0.4, -0.2) is 4.57 Å². The highest BCUT2D eigenvalue weighted by molar-refractivity contribution is 6.31. The Labute approximate surface area is 102 Å². The molecule has 0 spiro atoms. The summed E-state index contributed by atoms with van der Waals surface area (Å²) in [6.45, 7) is 0.195. The van der Waals surface area contributed by atoms with E-state index in [1.165, 1.54) is 41.1 Å². The van der Waals surface area contributed by atoms with Gasteiger partial charge in [0.1, 0.15) is 5.82 Å². The molecule has 17 heavy (non-hydrogen) atoms. The van der Waals surface area contributed by atoms with Gasteiger partial charge in [0.25, 0.3) is 5.56 Å². The summed E-state index contributed by atoms with van der Waals surface area (Å²) in [7, 11) is 0. The highest BCUT2D eigenvalue weighted by Gasteiger charge is 2.04. The molecule has 1 aromatic carbocycles. The van der Waals surface area contributed by atoms with E-state index in [2.05, 4.69) is 0 Å². The Morgan fingerprint density at radius 2 is 2.06 bits per heavy atom. The number of anilines is 1. The summed E-state index contributed by atoms with van der Waals surface area (Å²) >= 11 is 5.92. The highest BCUT2D eigenvalue weighted by atomic mass is 35.5. The zero-order valence-corrected chi connectivity index (χ0v) is 9.62. The van der Waals surface area contributed by atoms with Crippen molar-refractivity contribution in [1.82, 2.24) is 4.57 Å². The van der Waals surface area contributed by atoms with Gasteiger partial charge in [-0.1, -0.05) is 11.6 Å². The molecule has 0 saturated heterocycles. The molecule has 2 N–H and O–H groups in total. The molecule has 0 fully saturated rings. The minimum absolute atomic E-state index is 0.195. The molecule has 88 valence electrons. The molecule has 2 aromatic rings. The van der Waals surface area contributed by atoms with Crippen LogP contribution < -0.4 is 11.3 Å². The summed E-state index contributed by atoms with van der Waals surface area (Å²) in [5, 5.41) is 0.417. The molecule has 0 aliphatic rings. The van der Waals surface area contributed by atoms with Crippen LogP contribution in [0, 0.1) is 5.82 Å². The first-order valence-electron chi connectivity index (χ1n) is 4.96. The molecule has 0 amide bonds. The van der Waals surface area contributed by atoms with E-state index in [0.29, 0.717) is 16.3 Å². The van der Waals surface area contributed by atoms with Crippen LogP contribution in [0.2, 0.25) is 5.02 Å². The third-order valence-corrected chi connectivity index (χ3v) is 2.72. The molecule has 0 aliphatic carbocycles. The van der Waals surface area contributed by atoms with Crippen molar-refractivity contribution in [3.05, 3.63) is 63.3 Å². The first-order chi connectivity index (χ1) is 8.06. The topological polar surface area (TPSA) is 48.0 Å². The second kappa shape index (κ2) is 4.59. The normalized spacial score (nSPS) is 10.5. The number of hydrogen-bond acceptors (Lipinski definition) is 2. The van der Waals surface area contributed by atoms with E-state index in [0.717, 1.165) is 0 Å². The van der Waals surface area contributed by atoms with E-state index in [4.69, 9.17) is 17.3 Å². The third-order valence-electron chi connectivity index (χ3n) is 2.35. The third kappa shape index (κ3) is 2.65. The maximum absolute atomic E-state index is 13.1. The van der Waals surface area contributed by atoms with Gasteiger partial charge in [0, 0.05) is 23.0 Å². The zero-order chi connectivity index (χ0) is 12.4. The van der Waals surface area contributed by atoms with Crippen LogP contribution in [0.5, 0.6) is 0 Å². The van der Waals surface area contributed by atoms with Crippen molar-refractivity contribution in [2.24, 2.45) is 0 Å². The second-order valence-corrected chi connectivity index (χ2v) is 4.07. The number of benzene rings is 1. The van der Waals surface area contributed by atoms with Crippen molar-refractivity contribution in [3.8, 4) is 0 Å². The molecule has 0 atom stereocenters. The number of nitrogens with two attached hydrogens (primary N) is 1. The van der Waals surface area contributed by atoms with Gasteiger partial charge in [-0.3, -0.25) is 4.79 Å². The number of rotatable bonds is 2. The molecular formula is C12H10ClFN2O. The molecule has 3 nitrogen and oxygen atoms in total. The van der Waals surface area contributed by atoms with Crippen LogP contribution >= 0.6 is 11.6 Å². The molecule has 2 rings (SSSR count). The van der Waals surface area contributed by atoms with Crippen LogP contribution in [0.3, 0.4) is 0 Å². The molecule has 0 unspecified atom stereocenters. The number of hydrogen-bond donors (Lipinski definition) is 1. The molecule has 0 radical (unpaired) electrons. The lowest BCUT2D eigenvalue weighted by Gasteiger charge is -2.08. The van der Waals surface area contributed by atoms with Gasteiger partial charge in [-0.05, 0) is 29.8 Å². The zero-order valence-electron chi connectivity index (χ0n) is 8.86. The van der Waals surface area contributed by atoms with Gasteiger partial charge in [-0.15, -0.1) is 0 Å². The fraction of sp³-hybridized carbons (Fsp3) is 0.0833. The van der Waals surface area contributed by atoms with Gasteiger partial charge in [0.2, 0.25) is 0 Å². The fourth-order valence-corrected chi connectivity index (χ4v) is 1.70. The smallest absolute Gasteiger partial charge is 0.250 e. The molecular weight excluding hydrogens is 243 g/mol. The maximum Gasteiger partial charge on any atom is 0.250 e. The Morgan fingerprint density at radius 1 is 1.29 bits per heavy atom. The van der Waals surface area contributed by atoms with Crippen LogP contribution in [0.15, 0.2) is 41.3 Å². The molecule has 1 heterocycles. The molecule has 0 aliphatic heterocycles. The predicted molar refractivity (Wildman–Crippen MR) is 65.6 cm³/mol. The van der Waals surface area contributed by atoms with E-state index in [9.17, 15) is 9.18 Å². The van der Waals surface area contributed by atoms with Crippen molar-refractivity contribution >= 4 is 17.3 Å². The lowest BCUT2D eigenvalue weighted by Crippen LogP contribution is -2.19. The standard InChI is InChI=1S/C12H10ClFN2O/c13-11-3-1-9(14)5-8(11)6-16-7-10(15)2-4-12(16)17/h1-5,7H,6,15H2. The summed E-state index contributed by atoms with van der Waals surface area (Å²) in [4.78, 5) is 11.5. The number of halogens is 2. The second-order valence-electron chi connectivity index (χ2n) is 3.66. The Morgan fingerprint density at radius 3 is 2.82 bits per heavy atom. The van der Waals surface area contributed by atoms with E-state index in [1.54, 1.807) is 0 Å². The van der Waals surface area contributed by atoms with Crippen molar-refractivity contribution in [1.29, 1.82) is 0 Å². The van der Waals surface area contributed by atoms with Crippen molar-refractivity contribution < 1.29 is 4.39 Å². The van der Waals surface area contributed by atoms with Crippen LogP contribution in [0.4, 0.5) is 10.1 Å². The van der Waals surface area contributed by atoms with Gasteiger partial charge in [0.05, 0.1) is 6.54 Å². The summed E-state index contributed by atoms with van der Waals surface area (Å²) in [5.41, 5.74) is 6.38. The van der Waals surface area contributed by atoms with Gasteiger partial charge < -0.3 is 10.3 Å². The molecule has 0 bridgehead atoms. The molecule has 1 aromatic heterocycles. The van der Waals surface area contributed by atoms with Crippen molar-refractivity contribution in [3.63, 3.8) is 0 Å². The summed E-state index contributed by atoms with van der Waals surface area (Å²) in [5.74, 6) is -0.388. The van der Waals surface area contributed by atoms with Gasteiger partial charge in [0.15, 0.2) is 0 Å². The molecule has 5 heteroatoms. The van der Waals surface area contributed by atoms with E-state index >= 15 is 0 Å². The quantitative estimate of drug-likeness (QED) is 0.891. The van der Waals surface area contributed by atoms with E-state index in [-0.39, 0.29) is 17.9 Å². The Kier molecular flexibility index (Phi) is 3.15. The minimum Gasteiger partial charge on any atom is -0.398 e. The average Bonchev–Trinajstić information content (AvgIpc) is 2.28. The summed E-state index contributed by atoms with van der Waals surface area (Å²) in [6.07, 6.45) is 1.50. The minimum atomic E-state index is -0.388. The Hall–Kier alpha value is -1.81. The number of nitrogen functional groups attached to an aromatic ring is 1. The van der Waals surface area contributed by atoms with E-state index in [1.807, 2.05) is 0 Å². The predicted octanol–water partition coefficient (Wildman–Crippen LogP) is 2.27. The largest absolute Gasteiger partial charge is 0.398 e. The van der Waals surface area contributed by atoms with E-state index < -0.39 is 0 Å².